The highest BCUT2D eigenvalue weighted by molar-refractivity contribution is 14.1. The van der Waals surface area contributed by atoms with Crippen LogP contribution in [0, 0.1) is 9.49 Å². The van der Waals surface area contributed by atoms with Gasteiger partial charge in [-0.15, -0.1) is 0 Å². The van der Waals surface area contributed by atoms with Gasteiger partial charge in [0.2, 0.25) is 0 Å². The molecule has 7 heteroatoms. The van der Waals surface area contributed by atoms with Crippen molar-refractivity contribution in [2.24, 2.45) is 5.92 Å². The maximum atomic E-state index is 11.7. The normalized spacial score (nSPS) is 11.8. The first kappa shape index (κ1) is 17.0. The molecule has 2 amide bonds. The van der Waals surface area contributed by atoms with E-state index in [9.17, 15) is 9.59 Å². The van der Waals surface area contributed by atoms with E-state index in [0.29, 0.717) is 23.7 Å². The fourth-order valence-electron chi connectivity index (χ4n) is 1.60. The molecule has 1 atom stereocenters. The van der Waals surface area contributed by atoms with Crippen molar-refractivity contribution >= 4 is 51.9 Å². The highest BCUT2D eigenvalue weighted by Crippen LogP contribution is 2.23. The number of carbonyl (C=O) groups excluding carboxylic acids is 1. The summed E-state index contributed by atoms with van der Waals surface area (Å²) >= 11 is 8.14. The predicted molar refractivity (Wildman–Crippen MR) is 87.2 cm³/mol. The zero-order valence-corrected chi connectivity index (χ0v) is 13.9. The van der Waals surface area contributed by atoms with E-state index in [1.165, 1.54) is 0 Å². The number of hydrogen-bond donors (Lipinski definition) is 3. The molecule has 0 aliphatic carbocycles. The first-order valence-corrected chi connectivity index (χ1v) is 7.59. The minimum atomic E-state index is -0.861. The maximum Gasteiger partial charge on any atom is 0.319 e. The number of nitrogens with one attached hydrogen (secondary N) is 2. The molecule has 1 aromatic rings. The average molecular weight is 411 g/mol. The molecule has 0 heterocycles. The Morgan fingerprint density at radius 3 is 2.70 bits per heavy atom. The summed E-state index contributed by atoms with van der Waals surface area (Å²) in [7, 11) is 0. The molecule has 0 aliphatic rings. The van der Waals surface area contributed by atoms with Crippen LogP contribution in [0.5, 0.6) is 0 Å². The van der Waals surface area contributed by atoms with E-state index in [-0.39, 0.29) is 12.3 Å². The standard InChI is InChI=1S/C13H16ClIN2O3/c1-2-8(5-12(18)19)7-16-13(20)17-11-4-3-9(15)6-10(11)14/h3-4,6,8H,2,5,7H2,1H3,(H,18,19)(H2,16,17,20). The van der Waals surface area contributed by atoms with Crippen LogP contribution in [0.15, 0.2) is 18.2 Å². The zero-order valence-electron chi connectivity index (χ0n) is 11.0. The number of carboxylic acid groups (broad SMARTS) is 1. The third-order valence-electron chi connectivity index (χ3n) is 2.77. The van der Waals surface area contributed by atoms with Gasteiger partial charge in [0.05, 0.1) is 10.7 Å². The monoisotopic (exact) mass is 410 g/mol. The Kier molecular flexibility index (Phi) is 7.08. The molecule has 0 spiro atoms. The molecule has 20 heavy (non-hydrogen) atoms. The van der Waals surface area contributed by atoms with Crippen molar-refractivity contribution < 1.29 is 14.7 Å². The average Bonchev–Trinajstić information content (AvgIpc) is 2.37. The largest absolute Gasteiger partial charge is 0.481 e. The third kappa shape index (κ3) is 5.96. The van der Waals surface area contributed by atoms with Crippen LogP contribution in [0.2, 0.25) is 5.02 Å². The minimum absolute atomic E-state index is 0.0427. The van der Waals surface area contributed by atoms with Crippen LogP contribution in [-0.2, 0) is 4.79 Å². The summed E-state index contributed by atoms with van der Waals surface area (Å²) < 4.78 is 0.978. The number of amides is 2. The van der Waals surface area contributed by atoms with Crippen molar-refractivity contribution in [3.63, 3.8) is 0 Å². The maximum absolute atomic E-state index is 11.7. The first-order valence-electron chi connectivity index (χ1n) is 6.14. The lowest BCUT2D eigenvalue weighted by Gasteiger charge is -2.14. The molecule has 0 radical (unpaired) electrons. The molecule has 3 N–H and O–H groups in total. The van der Waals surface area contributed by atoms with Gasteiger partial charge in [-0.3, -0.25) is 4.79 Å². The van der Waals surface area contributed by atoms with E-state index in [2.05, 4.69) is 33.2 Å². The number of aliphatic carboxylic acids is 1. The van der Waals surface area contributed by atoms with Gasteiger partial charge in [-0.05, 0) is 46.7 Å². The van der Waals surface area contributed by atoms with Crippen molar-refractivity contribution in [2.75, 3.05) is 11.9 Å². The highest BCUT2D eigenvalue weighted by Gasteiger charge is 2.13. The number of benzene rings is 1. The van der Waals surface area contributed by atoms with Gasteiger partial charge in [-0.2, -0.15) is 0 Å². The topological polar surface area (TPSA) is 78.4 Å². The number of rotatable bonds is 6. The smallest absolute Gasteiger partial charge is 0.319 e. The molecule has 5 nitrogen and oxygen atoms in total. The van der Waals surface area contributed by atoms with Crippen LogP contribution in [0.25, 0.3) is 0 Å². The van der Waals surface area contributed by atoms with Crippen LogP contribution in [0.3, 0.4) is 0 Å². The predicted octanol–water partition coefficient (Wildman–Crippen LogP) is 3.57. The lowest BCUT2D eigenvalue weighted by molar-refractivity contribution is -0.138. The Hall–Kier alpha value is -1.02. The van der Waals surface area contributed by atoms with Crippen molar-refractivity contribution in [3.05, 3.63) is 26.8 Å². The number of carbonyl (C=O) groups is 2. The van der Waals surface area contributed by atoms with E-state index < -0.39 is 12.0 Å². The second kappa shape index (κ2) is 8.31. The number of hydrogen-bond acceptors (Lipinski definition) is 2. The van der Waals surface area contributed by atoms with E-state index in [1.54, 1.807) is 12.1 Å². The summed E-state index contributed by atoms with van der Waals surface area (Å²) in [6.45, 7) is 2.21. The summed E-state index contributed by atoms with van der Waals surface area (Å²) in [6, 6.07) is 4.91. The van der Waals surface area contributed by atoms with Gasteiger partial charge < -0.3 is 15.7 Å². The summed E-state index contributed by atoms with van der Waals surface area (Å²) in [6.07, 6.45) is 0.734. The molecular formula is C13H16ClIN2O3. The van der Waals surface area contributed by atoms with Gasteiger partial charge in [0.15, 0.2) is 0 Å². The fourth-order valence-corrected chi connectivity index (χ4v) is 2.51. The summed E-state index contributed by atoms with van der Waals surface area (Å²) in [4.78, 5) is 22.4. The van der Waals surface area contributed by atoms with Crippen molar-refractivity contribution in [2.45, 2.75) is 19.8 Å². The second-order valence-electron chi connectivity index (χ2n) is 4.33. The van der Waals surface area contributed by atoms with Crippen molar-refractivity contribution in [1.29, 1.82) is 0 Å². The van der Waals surface area contributed by atoms with Crippen LogP contribution >= 0.6 is 34.2 Å². The second-order valence-corrected chi connectivity index (χ2v) is 5.98. The van der Waals surface area contributed by atoms with Gasteiger partial charge in [0.1, 0.15) is 0 Å². The lowest BCUT2D eigenvalue weighted by atomic mass is 10.0. The number of carboxylic acids is 1. The highest BCUT2D eigenvalue weighted by atomic mass is 127. The molecular weight excluding hydrogens is 395 g/mol. The van der Waals surface area contributed by atoms with Gasteiger partial charge in [-0.1, -0.05) is 24.9 Å². The fraction of sp³-hybridized carbons (Fsp3) is 0.385. The van der Waals surface area contributed by atoms with Gasteiger partial charge >= 0.3 is 12.0 Å². The number of halogens is 2. The molecule has 110 valence electrons. The van der Waals surface area contributed by atoms with E-state index in [1.807, 2.05) is 13.0 Å². The Morgan fingerprint density at radius 2 is 2.15 bits per heavy atom. The summed E-state index contributed by atoms with van der Waals surface area (Å²) in [5.41, 5.74) is 0.524. The first-order chi connectivity index (χ1) is 9.42. The van der Waals surface area contributed by atoms with Crippen LogP contribution < -0.4 is 10.6 Å². The Labute approximate surface area is 136 Å². The van der Waals surface area contributed by atoms with Gasteiger partial charge in [0, 0.05) is 16.5 Å². The molecule has 1 rings (SSSR count). The summed E-state index contributed by atoms with van der Waals surface area (Å²) in [5, 5.41) is 14.5. The van der Waals surface area contributed by atoms with E-state index >= 15 is 0 Å². The van der Waals surface area contributed by atoms with E-state index in [4.69, 9.17) is 16.7 Å². The Bertz CT molecular complexity index is 497. The van der Waals surface area contributed by atoms with Gasteiger partial charge in [0.25, 0.3) is 0 Å². The Morgan fingerprint density at radius 1 is 1.45 bits per heavy atom. The number of anilines is 1. The molecule has 0 saturated heterocycles. The quantitative estimate of drug-likeness (QED) is 0.627. The Balaban J connectivity index is 2.49. The molecule has 0 fully saturated rings. The van der Waals surface area contributed by atoms with Crippen LogP contribution in [0.1, 0.15) is 19.8 Å². The minimum Gasteiger partial charge on any atom is -0.481 e. The van der Waals surface area contributed by atoms with E-state index in [0.717, 1.165) is 3.57 Å². The molecule has 1 unspecified atom stereocenters. The number of urea groups is 1. The molecule has 0 bridgehead atoms. The lowest BCUT2D eigenvalue weighted by Crippen LogP contribution is -2.33. The summed E-state index contributed by atoms with van der Waals surface area (Å²) in [5.74, 6) is -0.940. The zero-order chi connectivity index (χ0) is 15.1. The molecule has 0 aromatic heterocycles. The molecule has 0 aliphatic heterocycles. The van der Waals surface area contributed by atoms with Crippen molar-refractivity contribution in [3.8, 4) is 0 Å². The van der Waals surface area contributed by atoms with Crippen LogP contribution in [-0.4, -0.2) is 23.7 Å². The van der Waals surface area contributed by atoms with Crippen LogP contribution in [0.4, 0.5) is 10.5 Å². The third-order valence-corrected chi connectivity index (χ3v) is 3.75. The van der Waals surface area contributed by atoms with Gasteiger partial charge in [-0.25, -0.2) is 4.79 Å². The molecule has 1 aromatic carbocycles. The SMILES string of the molecule is CCC(CNC(=O)Nc1ccc(I)cc1Cl)CC(=O)O. The molecule has 0 saturated carbocycles. The van der Waals surface area contributed by atoms with Crippen molar-refractivity contribution in [1.82, 2.24) is 5.32 Å².